The maximum absolute atomic E-state index is 2.73. The van der Waals surface area contributed by atoms with Crippen LogP contribution in [0.25, 0.3) is 0 Å². The number of likely N-dealkylation sites (tertiary alicyclic amines) is 1. The molecule has 0 spiro atoms. The molecule has 13 heavy (non-hydrogen) atoms. The van der Waals surface area contributed by atoms with Crippen molar-refractivity contribution < 1.29 is 0 Å². The van der Waals surface area contributed by atoms with Crippen LogP contribution in [0, 0.1) is 0 Å². The average Bonchev–Trinajstić information content (AvgIpc) is 2.47. The molecule has 3 aliphatic rings. The van der Waals surface area contributed by atoms with E-state index < -0.39 is 0 Å². The fraction of sp³-hybridized carbons (Fsp3) is 1.00. The predicted molar refractivity (Wildman–Crippen MR) is 61.7 cm³/mol. The van der Waals surface area contributed by atoms with E-state index in [0.29, 0.717) is 0 Å². The van der Waals surface area contributed by atoms with Gasteiger partial charge in [0.15, 0.2) is 0 Å². The normalized spacial score (nSPS) is 45.7. The van der Waals surface area contributed by atoms with Crippen molar-refractivity contribution in [1.29, 1.82) is 0 Å². The average molecular weight is 215 g/mol. The molecule has 0 aromatic rings. The van der Waals surface area contributed by atoms with Gasteiger partial charge in [0, 0.05) is 28.0 Å². The van der Waals surface area contributed by atoms with E-state index >= 15 is 0 Å². The van der Waals surface area contributed by atoms with E-state index in [9.17, 15) is 0 Å². The number of rotatable bonds is 1. The molecule has 0 radical (unpaired) electrons. The van der Waals surface area contributed by atoms with E-state index in [1.54, 1.807) is 0 Å². The van der Waals surface area contributed by atoms with Crippen molar-refractivity contribution in [3.63, 3.8) is 0 Å². The molecule has 1 aliphatic carbocycles. The zero-order valence-electron chi connectivity index (χ0n) is 7.95. The Morgan fingerprint density at radius 1 is 1.00 bits per heavy atom. The minimum atomic E-state index is 0.955. The molecular weight excluding hydrogens is 198 g/mol. The van der Waals surface area contributed by atoms with Gasteiger partial charge < -0.3 is 0 Å². The van der Waals surface area contributed by atoms with Crippen molar-refractivity contribution >= 4 is 23.5 Å². The molecule has 2 heterocycles. The number of fused-ring (bicyclic) bond motifs is 1. The Balaban J connectivity index is 1.68. The third kappa shape index (κ3) is 1.53. The molecule has 2 aliphatic heterocycles. The first kappa shape index (κ1) is 8.93. The van der Waals surface area contributed by atoms with Crippen LogP contribution in [0.3, 0.4) is 0 Å². The van der Waals surface area contributed by atoms with Gasteiger partial charge in [-0.2, -0.15) is 23.5 Å². The molecule has 0 bridgehead atoms. The minimum absolute atomic E-state index is 0.955. The van der Waals surface area contributed by atoms with Crippen LogP contribution in [-0.4, -0.2) is 46.0 Å². The van der Waals surface area contributed by atoms with Crippen molar-refractivity contribution in [3.05, 3.63) is 0 Å². The summed E-state index contributed by atoms with van der Waals surface area (Å²) in [4.78, 5) is 2.73. The number of thioether (sulfide) groups is 2. The summed E-state index contributed by atoms with van der Waals surface area (Å²) in [5, 5.41) is 1.99. The van der Waals surface area contributed by atoms with Crippen LogP contribution in [0.2, 0.25) is 0 Å². The van der Waals surface area contributed by atoms with E-state index in [1.165, 1.54) is 43.9 Å². The Kier molecular flexibility index (Phi) is 2.52. The zero-order chi connectivity index (χ0) is 8.67. The van der Waals surface area contributed by atoms with Gasteiger partial charge >= 0.3 is 0 Å². The second-order valence-corrected chi connectivity index (χ2v) is 6.91. The SMILES string of the molecule is C1CN(C2CCC3SCCSC32)C1. The van der Waals surface area contributed by atoms with Gasteiger partial charge in [-0.25, -0.2) is 0 Å². The Hall–Kier alpha value is 0.660. The van der Waals surface area contributed by atoms with Crippen LogP contribution < -0.4 is 0 Å². The highest BCUT2D eigenvalue weighted by molar-refractivity contribution is 8.07. The lowest BCUT2D eigenvalue weighted by Gasteiger charge is -2.41. The quantitative estimate of drug-likeness (QED) is 0.659. The molecule has 0 aromatic carbocycles. The van der Waals surface area contributed by atoms with Crippen LogP contribution in [0.4, 0.5) is 0 Å². The predicted octanol–water partition coefficient (Wildman–Crippen LogP) is 2.07. The number of nitrogens with zero attached hydrogens (tertiary/aromatic N) is 1. The highest BCUT2D eigenvalue weighted by atomic mass is 32.2. The molecule has 1 saturated carbocycles. The van der Waals surface area contributed by atoms with Crippen molar-refractivity contribution in [1.82, 2.24) is 4.90 Å². The number of hydrogen-bond acceptors (Lipinski definition) is 3. The van der Waals surface area contributed by atoms with Gasteiger partial charge in [-0.15, -0.1) is 0 Å². The molecule has 3 unspecified atom stereocenters. The van der Waals surface area contributed by atoms with Gasteiger partial charge in [-0.1, -0.05) is 0 Å². The molecule has 74 valence electrons. The van der Waals surface area contributed by atoms with Crippen LogP contribution in [0.1, 0.15) is 19.3 Å². The monoisotopic (exact) mass is 215 g/mol. The first-order valence-electron chi connectivity index (χ1n) is 5.42. The highest BCUT2D eigenvalue weighted by Crippen LogP contribution is 2.44. The molecule has 3 rings (SSSR count). The van der Waals surface area contributed by atoms with E-state index in [1.807, 2.05) is 0 Å². The van der Waals surface area contributed by atoms with Crippen molar-refractivity contribution in [2.45, 2.75) is 35.8 Å². The topological polar surface area (TPSA) is 3.24 Å². The molecule has 0 N–H and O–H groups in total. The second-order valence-electron chi connectivity index (χ2n) is 4.28. The fourth-order valence-corrected chi connectivity index (χ4v) is 6.13. The lowest BCUT2D eigenvalue weighted by molar-refractivity contribution is 0.124. The summed E-state index contributed by atoms with van der Waals surface area (Å²) in [6, 6.07) is 0.955. The van der Waals surface area contributed by atoms with Gasteiger partial charge in [0.25, 0.3) is 0 Å². The molecule has 3 atom stereocenters. The van der Waals surface area contributed by atoms with E-state index in [2.05, 4.69) is 28.4 Å². The van der Waals surface area contributed by atoms with Crippen molar-refractivity contribution in [2.24, 2.45) is 0 Å². The molecule has 2 saturated heterocycles. The smallest absolute Gasteiger partial charge is 0.0322 e. The summed E-state index contributed by atoms with van der Waals surface area (Å²) >= 11 is 4.50. The van der Waals surface area contributed by atoms with Gasteiger partial charge in [0.1, 0.15) is 0 Å². The van der Waals surface area contributed by atoms with Gasteiger partial charge in [0.2, 0.25) is 0 Å². The second kappa shape index (κ2) is 3.67. The minimum Gasteiger partial charge on any atom is -0.299 e. The molecular formula is C10H17NS2. The summed E-state index contributed by atoms with van der Waals surface area (Å²) in [5.41, 5.74) is 0. The van der Waals surface area contributed by atoms with E-state index in [0.717, 1.165) is 16.5 Å². The summed E-state index contributed by atoms with van der Waals surface area (Å²) in [6.45, 7) is 2.78. The maximum Gasteiger partial charge on any atom is 0.0322 e. The zero-order valence-corrected chi connectivity index (χ0v) is 9.58. The van der Waals surface area contributed by atoms with Crippen molar-refractivity contribution in [2.75, 3.05) is 24.6 Å². The van der Waals surface area contributed by atoms with E-state index in [-0.39, 0.29) is 0 Å². The Bertz CT molecular complexity index is 193. The lowest BCUT2D eigenvalue weighted by Crippen LogP contribution is -2.49. The van der Waals surface area contributed by atoms with Gasteiger partial charge in [-0.3, -0.25) is 4.90 Å². The third-order valence-electron chi connectivity index (χ3n) is 3.58. The highest BCUT2D eigenvalue weighted by Gasteiger charge is 2.42. The van der Waals surface area contributed by atoms with Crippen molar-refractivity contribution in [3.8, 4) is 0 Å². The molecule has 0 aromatic heterocycles. The lowest BCUT2D eigenvalue weighted by atomic mass is 10.1. The van der Waals surface area contributed by atoms with Crippen LogP contribution >= 0.6 is 23.5 Å². The molecule has 1 nitrogen and oxygen atoms in total. The van der Waals surface area contributed by atoms with Crippen LogP contribution in [0.15, 0.2) is 0 Å². The standard InChI is InChI=1S/C10H17NS2/c1-4-11(5-1)8-2-3-9-10(8)13-7-6-12-9/h8-10H,1-7H2. The Morgan fingerprint density at radius 3 is 2.62 bits per heavy atom. The first-order chi connectivity index (χ1) is 6.45. The molecule has 3 heteroatoms. The van der Waals surface area contributed by atoms with Crippen LogP contribution in [0.5, 0.6) is 0 Å². The van der Waals surface area contributed by atoms with Crippen LogP contribution in [-0.2, 0) is 0 Å². The van der Waals surface area contributed by atoms with E-state index in [4.69, 9.17) is 0 Å². The Morgan fingerprint density at radius 2 is 1.85 bits per heavy atom. The maximum atomic E-state index is 2.73. The summed E-state index contributed by atoms with van der Waals surface area (Å²) in [7, 11) is 0. The first-order valence-corrected chi connectivity index (χ1v) is 7.52. The van der Waals surface area contributed by atoms with Gasteiger partial charge in [-0.05, 0) is 32.4 Å². The third-order valence-corrected chi connectivity index (χ3v) is 6.87. The molecule has 0 amide bonds. The van der Waals surface area contributed by atoms with Gasteiger partial charge in [0.05, 0.1) is 0 Å². The number of hydrogen-bond donors (Lipinski definition) is 0. The largest absolute Gasteiger partial charge is 0.299 e. The molecule has 3 fully saturated rings. The summed E-state index contributed by atoms with van der Waals surface area (Å²) < 4.78 is 0. The summed E-state index contributed by atoms with van der Waals surface area (Å²) in [5.74, 6) is 2.80. The fourth-order valence-electron chi connectivity index (χ4n) is 2.75. The summed E-state index contributed by atoms with van der Waals surface area (Å²) in [6.07, 6.45) is 4.42. The Labute approximate surface area is 89.0 Å².